The molecule has 0 aliphatic heterocycles. The number of amides is 4. The van der Waals surface area contributed by atoms with E-state index in [4.69, 9.17) is 11.5 Å². The van der Waals surface area contributed by atoms with Crippen LogP contribution in [0.2, 0.25) is 0 Å². The van der Waals surface area contributed by atoms with E-state index < -0.39 is 12.1 Å². The van der Waals surface area contributed by atoms with Gasteiger partial charge in [-0.25, -0.2) is 9.59 Å². The smallest absolute Gasteiger partial charge is 0.319 e. The van der Waals surface area contributed by atoms with Gasteiger partial charge in [0.2, 0.25) is 0 Å². The maximum Gasteiger partial charge on any atom is 0.319 e. The summed E-state index contributed by atoms with van der Waals surface area (Å²) in [6.07, 6.45) is 1.59. The summed E-state index contributed by atoms with van der Waals surface area (Å²) in [5.74, 6) is 0. The standard InChI is InChI=1S/C19H34N6O2/c1-15-8-9-16(24(18(20)26)12-6-10-22(2)3)14-17(15)25(19(21)27)13-7-11-23(4)5/h8-9,14H,6-7,10-13H2,1-5H3,(H2,20,26)(H2,21,27). The fourth-order valence-electron chi connectivity index (χ4n) is 2.86. The minimum absolute atomic E-state index is 0.507. The van der Waals surface area contributed by atoms with Crippen molar-refractivity contribution in [3.8, 4) is 0 Å². The van der Waals surface area contributed by atoms with Crippen molar-refractivity contribution in [1.82, 2.24) is 9.80 Å². The van der Waals surface area contributed by atoms with Crippen LogP contribution in [0, 0.1) is 6.92 Å². The van der Waals surface area contributed by atoms with Crippen molar-refractivity contribution in [2.45, 2.75) is 19.8 Å². The number of carbonyl (C=O) groups excluding carboxylic acids is 2. The third-order valence-corrected chi connectivity index (χ3v) is 4.30. The highest BCUT2D eigenvalue weighted by atomic mass is 16.2. The van der Waals surface area contributed by atoms with E-state index in [9.17, 15) is 9.59 Å². The number of anilines is 2. The van der Waals surface area contributed by atoms with Crippen LogP contribution in [0.4, 0.5) is 21.0 Å². The second-order valence-electron chi connectivity index (χ2n) is 7.26. The SMILES string of the molecule is Cc1ccc(N(CCCN(C)C)C(N)=O)cc1N(CCCN(C)C)C(N)=O. The molecule has 0 fully saturated rings. The summed E-state index contributed by atoms with van der Waals surface area (Å²) < 4.78 is 0. The molecule has 0 bridgehead atoms. The Morgan fingerprint density at radius 2 is 1.30 bits per heavy atom. The van der Waals surface area contributed by atoms with Crippen molar-refractivity contribution in [2.75, 3.05) is 64.2 Å². The number of nitrogens with zero attached hydrogens (tertiary/aromatic N) is 4. The zero-order valence-electron chi connectivity index (χ0n) is 17.2. The summed E-state index contributed by atoms with van der Waals surface area (Å²) in [7, 11) is 7.94. The van der Waals surface area contributed by atoms with Crippen molar-refractivity contribution in [3.63, 3.8) is 0 Å². The van der Waals surface area contributed by atoms with Crippen LogP contribution in [0.3, 0.4) is 0 Å². The molecular formula is C19H34N6O2. The molecule has 1 aromatic rings. The van der Waals surface area contributed by atoms with Crippen LogP contribution in [0.5, 0.6) is 0 Å². The van der Waals surface area contributed by atoms with Gasteiger partial charge in [-0.15, -0.1) is 0 Å². The van der Waals surface area contributed by atoms with Crippen LogP contribution < -0.4 is 21.3 Å². The number of hydrogen-bond acceptors (Lipinski definition) is 4. The first-order chi connectivity index (χ1) is 12.6. The molecule has 0 aliphatic rings. The van der Waals surface area contributed by atoms with Gasteiger partial charge in [-0.05, 0) is 78.7 Å². The normalized spacial score (nSPS) is 11.1. The largest absolute Gasteiger partial charge is 0.351 e. The quantitative estimate of drug-likeness (QED) is 0.647. The lowest BCUT2D eigenvalue weighted by Crippen LogP contribution is -2.39. The highest BCUT2D eigenvalue weighted by molar-refractivity contribution is 5.95. The minimum Gasteiger partial charge on any atom is -0.351 e. The number of rotatable bonds is 10. The summed E-state index contributed by atoms with van der Waals surface area (Å²) in [5, 5.41) is 0. The Balaban J connectivity index is 3.06. The molecule has 27 heavy (non-hydrogen) atoms. The average Bonchev–Trinajstić information content (AvgIpc) is 2.56. The third-order valence-electron chi connectivity index (χ3n) is 4.30. The van der Waals surface area contributed by atoms with Crippen LogP contribution in [0.1, 0.15) is 18.4 Å². The second kappa shape index (κ2) is 10.7. The van der Waals surface area contributed by atoms with Crippen molar-refractivity contribution < 1.29 is 9.59 Å². The second-order valence-corrected chi connectivity index (χ2v) is 7.26. The fraction of sp³-hybridized carbons (Fsp3) is 0.579. The van der Waals surface area contributed by atoms with E-state index in [0.29, 0.717) is 24.5 Å². The predicted molar refractivity (Wildman–Crippen MR) is 111 cm³/mol. The Bertz CT molecular complexity index is 633. The zero-order valence-corrected chi connectivity index (χ0v) is 17.2. The maximum absolute atomic E-state index is 12.0. The summed E-state index contributed by atoms with van der Waals surface area (Å²) in [5.41, 5.74) is 13.5. The monoisotopic (exact) mass is 378 g/mol. The molecule has 152 valence electrons. The van der Waals surface area contributed by atoms with Crippen molar-refractivity contribution in [3.05, 3.63) is 23.8 Å². The summed E-state index contributed by atoms with van der Waals surface area (Å²) in [6, 6.07) is 4.53. The number of hydrogen-bond donors (Lipinski definition) is 2. The van der Waals surface area contributed by atoms with Crippen molar-refractivity contribution in [2.24, 2.45) is 11.5 Å². The number of aryl methyl sites for hydroxylation is 1. The molecule has 8 nitrogen and oxygen atoms in total. The van der Waals surface area contributed by atoms with Gasteiger partial charge in [0.25, 0.3) is 0 Å². The molecule has 4 amide bonds. The molecule has 8 heteroatoms. The number of urea groups is 2. The van der Waals surface area contributed by atoms with Crippen LogP contribution in [0.15, 0.2) is 18.2 Å². The number of primary amides is 2. The lowest BCUT2D eigenvalue weighted by molar-refractivity contribution is 0.253. The number of nitrogens with two attached hydrogens (primary N) is 2. The zero-order chi connectivity index (χ0) is 20.6. The van der Waals surface area contributed by atoms with E-state index >= 15 is 0 Å². The van der Waals surface area contributed by atoms with Crippen molar-refractivity contribution in [1.29, 1.82) is 0 Å². The van der Waals surface area contributed by atoms with E-state index in [1.54, 1.807) is 4.90 Å². The topological polar surface area (TPSA) is 99.1 Å². The van der Waals surface area contributed by atoms with Crippen LogP contribution in [0.25, 0.3) is 0 Å². The molecule has 0 radical (unpaired) electrons. The molecule has 0 unspecified atom stereocenters. The van der Waals surface area contributed by atoms with Crippen molar-refractivity contribution >= 4 is 23.4 Å². The maximum atomic E-state index is 12.0. The van der Waals surface area contributed by atoms with Gasteiger partial charge in [-0.3, -0.25) is 9.80 Å². The molecule has 0 aromatic heterocycles. The fourth-order valence-corrected chi connectivity index (χ4v) is 2.86. The van der Waals surface area contributed by atoms with Gasteiger partial charge in [0, 0.05) is 18.8 Å². The summed E-state index contributed by atoms with van der Waals surface area (Å²) >= 11 is 0. The first kappa shape index (κ1) is 22.7. The summed E-state index contributed by atoms with van der Waals surface area (Å²) in [4.78, 5) is 31.2. The van der Waals surface area contributed by atoms with Gasteiger partial charge >= 0.3 is 12.1 Å². The minimum atomic E-state index is -0.512. The van der Waals surface area contributed by atoms with E-state index in [1.807, 2.05) is 53.3 Å². The average molecular weight is 379 g/mol. The van der Waals surface area contributed by atoms with Gasteiger partial charge in [-0.1, -0.05) is 6.07 Å². The Morgan fingerprint density at radius 1 is 0.815 bits per heavy atom. The Hall–Kier alpha value is -2.32. The third kappa shape index (κ3) is 7.44. The number of benzene rings is 1. The van der Waals surface area contributed by atoms with E-state index in [2.05, 4.69) is 9.80 Å². The molecular weight excluding hydrogens is 344 g/mol. The molecule has 0 heterocycles. The highest BCUT2D eigenvalue weighted by Gasteiger charge is 2.18. The Labute approximate surface area is 162 Å². The highest BCUT2D eigenvalue weighted by Crippen LogP contribution is 2.27. The van der Waals surface area contributed by atoms with Gasteiger partial charge in [0.1, 0.15) is 0 Å². The van der Waals surface area contributed by atoms with Crippen LogP contribution in [-0.2, 0) is 0 Å². The molecule has 0 atom stereocenters. The van der Waals surface area contributed by atoms with Gasteiger partial charge in [-0.2, -0.15) is 0 Å². The summed E-state index contributed by atoms with van der Waals surface area (Å²) in [6.45, 7) is 4.63. The molecule has 0 spiro atoms. The first-order valence-corrected chi connectivity index (χ1v) is 9.17. The Kier molecular flexibility index (Phi) is 9.04. The molecule has 0 aliphatic carbocycles. The predicted octanol–water partition coefficient (Wildman–Crippen LogP) is 1.67. The van der Waals surface area contributed by atoms with E-state index in [1.165, 1.54) is 4.90 Å². The molecule has 0 saturated heterocycles. The van der Waals surface area contributed by atoms with E-state index in [0.717, 1.165) is 31.5 Å². The van der Waals surface area contributed by atoms with Gasteiger partial charge in [0.15, 0.2) is 0 Å². The number of carbonyl (C=O) groups is 2. The van der Waals surface area contributed by atoms with Crippen LogP contribution in [-0.4, -0.2) is 76.2 Å². The molecule has 0 saturated carbocycles. The van der Waals surface area contributed by atoms with Gasteiger partial charge < -0.3 is 21.3 Å². The molecule has 4 N–H and O–H groups in total. The molecule has 1 aromatic carbocycles. The van der Waals surface area contributed by atoms with Gasteiger partial charge in [0.05, 0.1) is 5.69 Å². The molecule has 1 rings (SSSR count). The lowest BCUT2D eigenvalue weighted by atomic mass is 10.1. The van der Waals surface area contributed by atoms with Crippen LogP contribution >= 0.6 is 0 Å². The Morgan fingerprint density at radius 3 is 1.74 bits per heavy atom. The van der Waals surface area contributed by atoms with E-state index in [-0.39, 0.29) is 0 Å². The lowest BCUT2D eigenvalue weighted by Gasteiger charge is -2.27. The first-order valence-electron chi connectivity index (χ1n) is 9.17.